The number of anilines is 1. The minimum atomic E-state index is -4.42. The lowest BCUT2D eigenvalue weighted by molar-refractivity contribution is -0.132. The monoisotopic (exact) mass is 652 g/mol. The highest BCUT2D eigenvalue weighted by Gasteiger charge is 2.61. The molecule has 0 bridgehead atoms. The van der Waals surface area contributed by atoms with Gasteiger partial charge in [-0.05, 0) is 76.3 Å². The van der Waals surface area contributed by atoms with Gasteiger partial charge in [-0.2, -0.15) is 4.31 Å². The highest BCUT2D eigenvalue weighted by Crippen LogP contribution is 2.52. The van der Waals surface area contributed by atoms with Crippen molar-refractivity contribution in [1.82, 2.24) is 14.7 Å². The van der Waals surface area contributed by atoms with Gasteiger partial charge in [0.05, 0.1) is 22.8 Å². The topological polar surface area (TPSA) is 99.7 Å². The largest absolute Gasteiger partial charge is 0.493 e. The van der Waals surface area contributed by atoms with E-state index < -0.39 is 27.6 Å². The van der Waals surface area contributed by atoms with Gasteiger partial charge in [-0.15, -0.1) is 0 Å². The summed E-state index contributed by atoms with van der Waals surface area (Å²) >= 11 is 6.48. The first kappa shape index (κ1) is 31.3. The first-order valence-corrected chi connectivity index (χ1v) is 17.1. The zero-order valence-corrected chi connectivity index (χ0v) is 27.0. The van der Waals surface area contributed by atoms with Crippen LogP contribution in [0, 0.1) is 0 Å². The summed E-state index contributed by atoms with van der Waals surface area (Å²) in [5, 5.41) is 0.251. The van der Waals surface area contributed by atoms with Gasteiger partial charge in [0, 0.05) is 42.8 Å². The number of fused-ring (bicyclic) bond motifs is 1. The molecule has 45 heavy (non-hydrogen) atoms. The molecule has 3 aliphatic rings. The van der Waals surface area contributed by atoms with Crippen molar-refractivity contribution in [3.8, 4) is 5.75 Å². The molecule has 2 amide bonds. The predicted octanol–water partition coefficient (Wildman–Crippen LogP) is 4.57. The van der Waals surface area contributed by atoms with Crippen LogP contribution in [-0.2, 0) is 25.2 Å². The maximum absolute atomic E-state index is 14.8. The molecule has 2 fully saturated rings. The second-order valence-corrected chi connectivity index (χ2v) is 13.8. The molecule has 10 nitrogen and oxygen atoms in total. The molecule has 0 N–H and O–H groups in total. The van der Waals surface area contributed by atoms with Crippen LogP contribution in [0.3, 0.4) is 0 Å². The number of piperidine rings is 1. The number of para-hydroxylation sites is 1. The zero-order chi connectivity index (χ0) is 31.8. The van der Waals surface area contributed by atoms with Gasteiger partial charge < -0.3 is 19.3 Å². The number of carbonyl (C=O) groups is 2. The number of halogens is 1. The fourth-order valence-electron chi connectivity index (χ4n) is 6.55. The Labute approximate surface area is 269 Å². The Kier molecular flexibility index (Phi) is 8.80. The van der Waals surface area contributed by atoms with Gasteiger partial charge in [-0.1, -0.05) is 48.0 Å². The number of ether oxygens (including phenoxy) is 2. The number of hydrogen-bond donors (Lipinski definition) is 0. The van der Waals surface area contributed by atoms with Crippen molar-refractivity contribution >= 4 is 39.3 Å². The average molecular weight is 653 g/mol. The van der Waals surface area contributed by atoms with Crippen molar-refractivity contribution < 1.29 is 27.5 Å². The van der Waals surface area contributed by atoms with Crippen molar-refractivity contribution in [2.75, 3.05) is 57.2 Å². The Morgan fingerprint density at radius 1 is 0.911 bits per heavy atom. The van der Waals surface area contributed by atoms with Gasteiger partial charge in [0.2, 0.25) is 5.60 Å². The molecule has 2 saturated heterocycles. The zero-order valence-electron chi connectivity index (χ0n) is 25.4. The Morgan fingerprint density at radius 2 is 1.58 bits per heavy atom. The average Bonchev–Trinajstić information content (AvgIpc) is 3.30. The number of amides is 2. The van der Waals surface area contributed by atoms with Gasteiger partial charge in [-0.3, -0.25) is 9.69 Å². The van der Waals surface area contributed by atoms with E-state index in [1.165, 1.54) is 30.3 Å². The van der Waals surface area contributed by atoms with Gasteiger partial charge in [0.15, 0.2) is 0 Å². The number of benzene rings is 3. The lowest BCUT2D eigenvalue weighted by Crippen LogP contribution is -2.55. The molecule has 0 aliphatic carbocycles. The number of sulfonamides is 1. The number of piperazine rings is 1. The van der Waals surface area contributed by atoms with E-state index in [0.29, 0.717) is 32.2 Å². The van der Waals surface area contributed by atoms with Crippen molar-refractivity contribution in [2.24, 2.45) is 0 Å². The van der Waals surface area contributed by atoms with Crippen LogP contribution >= 0.6 is 11.6 Å². The summed E-state index contributed by atoms with van der Waals surface area (Å²) in [6.45, 7) is 6.33. The molecule has 0 aromatic heterocycles. The number of nitrogens with zero attached hydrogens (tertiary/aromatic N) is 4. The van der Waals surface area contributed by atoms with E-state index in [1.54, 1.807) is 54.3 Å². The number of hydrogen-bond acceptors (Lipinski definition) is 8. The molecule has 1 unspecified atom stereocenters. The van der Waals surface area contributed by atoms with Crippen LogP contribution < -0.4 is 9.04 Å². The molecule has 0 radical (unpaired) electrons. The Balaban J connectivity index is 1.41. The number of rotatable bonds is 7. The molecule has 6 rings (SSSR count). The smallest absolute Gasteiger partial charge is 0.411 e. The van der Waals surface area contributed by atoms with Crippen LogP contribution in [0.4, 0.5) is 10.5 Å². The highest BCUT2D eigenvalue weighted by molar-refractivity contribution is 7.93. The van der Waals surface area contributed by atoms with E-state index in [4.69, 9.17) is 21.1 Å². The van der Waals surface area contributed by atoms with E-state index in [2.05, 4.69) is 16.8 Å². The van der Waals surface area contributed by atoms with Crippen molar-refractivity contribution in [3.05, 3.63) is 88.9 Å². The SMILES string of the molecule is CCOc1ccccc1C1(OC(=O)N2CCN(C3CCN(C)CC3)CC2)C(=O)N(S(=O)(=O)c2ccccc2)c2ccc(Cl)cc21. The summed E-state index contributed by atoms with van der Waals surface area (Å²) in [6, 6.07) is 19.3. The van der Waals surface area contributed by atoms with Crippen molar-refractivity contribution in [2.45, 2.75) is 36.3 Å². The summed E-state index contributed by atoms with van der Waals surface area (Å²) in [7, 11) is -2.29. The van der Waals surface area contributed by atoms with Gasteiger partial charge >= 0.3 is 6.09 Å². The Morgan fingerprint density at radius 3 is 2.27 bits per heavy atom. The van der Waals surface area contributed by atoms with E-state index in [0.717, 1.165) is 30.2 Å². The summed E-state index contributed by atoms with van der Waals surface area (Å²) in [4.78, 5) is 35.1. The third-order valence-electron chi connectivity index (χ3n) is 8.91. The highest BCUT2D eigenvalue weighted by atomic mass is 35.5. The molecule has 3 aromatic carbocycles. The lowest BCUT2D eigenvalue weighted by Gasteiger charge is -2.42. The van der Waals surface area contributed by atoms with Crippen LogP contribution in [0.15, 0.2) is 77.7 Å². The summed E-state index contributed by atoms with van der Waals surface area (Å²) < 4.78 is 41.2. The minimum Gasteiger partial charge on any atom is -0.493 e. The van der Waals surface area contributed by atoms with Gasteiger partial charge in [0.1, 0.15) is 5.75 Å². The first-order chi connectivity index (χ1) is 21.7. The number of carbonyl (C=O) groups excluding carboxylic acids is 2. The van der Waals surface area contributed by atoms with Crippen LogP contribution in [0.1, 0.15) is 30.9 Å². The normalized spacial score (nSPS) is 21.5. The summed E-state index contributed by atoms with van der Waals surface area (Å²) in [6.07, 6.45) is 1.44. The summed E-state index contributed by atoms with van der Waals surface area (Å²) in [5.74, 6) is -0.660. The van der Waals surface area contributed by atoms with E-state index in [1.807, 2.05) is 0 Å². The van der Waals surface area contributed by atoms with Gasteiger partial charge in [0.25, 0.3) is 15.9 Å². The third kappa shape index (κ3) is 5.67. The maximum atomic E-state index is 14.8. The fraction of sp³-hybridized carbons (Fsp3) is 0.394. The quantitative estimate of drug-likeness (QED) is 0.366. The van der Waals surface area contributed by atoms with Crippen LogP contribution in [0.5, 0.6) is 5.75 Å². The minimum absolute atomic E-state index is 0.0550. The molecule has 12 heteroatoms. The standard InChI is InChI=1S/C33H37ClN4O6S/c1-3-43-30-12-8-7-11-27(30)33(44-32(40)37-21-19-36(20-22-37)25-15-17-35(2)18-16-25)28-23-24(34)13-14-29(28)38(31(33)39)45(41,42)26-9-5-4-6-10-26/h4-14,23,25H,3,15-22H2,1-2H3. The number of likely N-dealkylation sites (tertiary alicyclic amines) is 1. The second kappa shape index (κ2) is 12.6. The van der Waals surface area contributed by atoms with E-state index in [9.17, 15) is 18.0 Å². The molecule has 3 aliphatic heterocycles. The van der Waals surface area contributed by atoms with E-state index in [-0.39, 0.29) is 39.1 Å². The second-order valence-electron chi connectivity index (χ2n) is 11.6. The van der Waals surface area contributed by atoms with E-state index >= 15 is 0 Å². The van der Waals surface area contributed by atoms with Crippen molar-refractivity contribution in [1.29, 1.82) is 0 Å². The molecule has 3 heterocycles. The van der Waals surface area contributed by atoms with Gasteiger partial charge in [-0.25, -0.2) is 13.2 Å². The third-order valence-corrected chi connectivity index (χ3v) is 10.9. The first-order valence-electron chi connectivity index (χ1n) is 15.2. The van der Waals surface area contributed by atoms with Crippen molar-refractivity contribution in [3.63, 3.8) is 0 Å². The predicted molar refractivity (Wildman–Crippen MR) is 171 cm³/mol. The molecule has 0 saturated carbocycles. The molecular weight excluding hydrogens is 616 g/mol. The summed E-state index contributed by atoms with van der Waals surface area (Å²) in [5.41, 5.74) is -1.77. The lowest BCUT2D eigenvalue weighted by atomic mass is 9.86. The fourth-order valence-corrected chi connectivity index (χ4v) is 8.20. The van der Waals surface area contributed by atoms with Crippen LogP contribution in [0.25, 0.3) is 0 Å². The molecule has 1 atom stereocenters. The molecular formula is C33H37ClN4O6S. The molecule has 238 valence electrons. The molecule has 3 aromatic rings. The Bertz CT molecular complexity index is 1670. The maximum Gasteiger partial charge on any atom is 0.411 e. The molecule has 0 spiro atoms. The van der Waals surface area contributed by atoms with Crippen LogP contribution in [-0.4, -0.2) is 94.1 Å². The Hall–Kier alpha value is -3.64. The van der Waals surface area contributed by atoms with Crippen LogP contribution in [0.2, 0.25) is 5.02 Å².